The van der Waals surface area contributed by atoms with E-state index in [1.54, 1.807) is 0 Å². The molecule has 0 heterocycles. The standard InChI is InChI=1S/C11H10BrN/c12-10-7-3-4-8-11(10)13-9-5-1-2-6-9/h1-9,13H. The third-order valence-corrected chi connectivity index (χ3v) is 2.64. The Labute approximate surface area is 86.3 Å². The molecule has 0 spiro atoms. The fourth-order valence-corrected chi connectivity index (χ4v) is 1.69. The molecule has 2 rings (SSSR count). The number of rotatable bonds is 2. The summed E-state index contributed by atoms with van der Waals surface area (Å²) < 4.78 is 1.10. The molecule has 66 valence electrons. The zero-order valence-electron chi connectivity index (χ0n) is 7.07. The van der Waals surface area contributed by atoms with Gasteiger partial charge in [-0.05, 0) is 28.1 Å². The van der Waals surface area contributed by atoms with Crippen LogP contribution in [-0.2, 0) is 0 Å². The molecule has 2 heteroatoms. The largest absolute Gasteiger partial charge is 0.374 e. The maximum absolute atomic E-state index is 3.49. The molecule has 1 aliphatic rings. The van der Waals surface area contributed by atoms with Crippen LogP contribution in [0.4, 0.5) is 5.69 Å². The molecule has 1 aromatic carbocycles. The first kappa shape index (κ1) is 8.57. The number of nitrogens with one attached hydrogen (secondary N) is 1. The van der Waals surface area contributed by atoms with Crippen LogP contribution in [0.25, 0.3) is 0 Å². The fourth-order valence-electron chi connectivity index (χ4n) is 1.29. The predicted octanol–water partition coefficient (Wildman–Crippen LogP) is 3.36. The molecule has 0 aliphatic heterocycles. The van der Waals surface area contributed by atoms with Gasteiger partial charge in [-0.3, -0.25) is 0 Å². The van der Waals surface area contributed by atoms with E-state index in [1.165, 1.54) is 0 Å². The van der Waals surface area contributed by atoms with Crippen LogP contribution >= 0.6 is 15.9 Å². The highest BCUT2D eigenvalue weighted by molar-refractivity contribution is 9.10. The van der Waals surface area contributed by atoms with E-state index < -0.39 is 0 Å². The molecule has 0 fully saturated rings. The van der Waals surface area contributed by atoms with Crippen molar-refractivity contribution in [3.05, 3.63) is 53.0 Å². The Kier molecular flexibility index (Phi) is 2.50. The van der Waals surface area contributed by atoms with Crippen molar-refractivity contribution in [3.63, 3.8) is 0 Å². The number of allylic oxidation sites excluding steroid dienone is 2. The Balaban J connectivity index is 2.13. The molecule has 1 aromatic rings. The van der Waals surface area contributed by atoms with Gasteiger partial charge in [0, 0.05) is 10.2 Å². The molecular formula is C11H10BrN. The van der Waals surface area contributed by atoms with Gasteiger partial charge in [0.1, 0.15) is 0 Å². The van der Waals surface area contributed by atoms with Gasteiger partial charge in [0.2, 0.25) is 0 Å². The van der Waals surface area contributed by atoms with Crippen LogP contribution in [-0.4, -0.2) is 6.04 Å². The molecule has 0 unspecified atom stereocenters. The molecule has 0 atom stereocenters. The van der Waals surface area contributed by atoms with Crippen LogP contribution in [0.2, 0.25) is 0 Å². The lowest BCUT2D eigenvalue weighted by atomic mass is 10.2. The molecule has 0 radical (unpaired) electrons. The Morgan fingerprint density at radius 3 is 2.46 bits per heavy atom. The average Bonchev–Trinajstić information content (AvgIpc) is 2.61. The van der Waals surface area contributed by atoms with Crippen molar-refractivity contribution in [1.29, 1.82) is 0 Å². The van der Waals surface area contributed by atoms with E-state index in [0.29, 0.717) is 6.04 Å². The van der Waals surface area contributed by atoms with Crippen molar-refractivity contribution in [3.8, 4) is 0 Å². The molecule has 0 aromatic heterocycles. The minimum absolute atomic E-state index is 0.332. The third kappa shape index (κ3) is 2.01. The Bertz CT molecular complexity index is 343. The van der Waals surface area contributed by atoms with E-state index in [4.69, 9.17) is 0 Å². The topological polar surface area (TPSA) is 12.0 Å². The highest BCUT2D eigenvalue weighted by Gasteiger charge is 2.04. The maximum atomic E-state index is 3.49. The molecule has 0 saturated heterocycles. The molecule has 0 bridgehead atoms. The number of anilines is 1. The minimum Gasteiger partial charge on any atom is -0.374 e. The lowest BCUT2D eigenvalue weighted by molar-refractivity contribution is 1.13. The summed E-state index contributed by atoms with van der Waals surface area (Å²) in [7, 11) is 0. The molecule has 1 aliphatic carbocycles. The Morgan fingerprint density at radius 2 is 1.77 bits per heavy atom. The summed E-state index contributed by atoms with van der Waals surface area (Å²) in [5.74, 6) is 0. The zero-order chi connectivity index (χ0) is 9.10. The van der Waals surface area contributed by atoms with Crippen molar-refractivity contribution < 1.29 is 0 Å². The fraction of sp³-hybridized carbons (Fsp3) is 0.0909. The minimum atomic E-state index is 0.332. The van der Waals surface area contributed by atoms with Crippen LogP contribution in [0.3, 0.4) is 0 Å². The summed E-state index contributed by atoms with van der Waals surface area (Å²) in [6.45, 7) is 0. The second kappa shape index (κ2) is 3.79. The summed E-state index contributed by atoms with van der Waals surface area (Å²) in [5.41, 5.74) is 1.13. The molecular weight excluding hydrogens is 226 g/mol. The van der Waals surface area contributed by atoms with E-state index in [2.05, 4.69) is 51.6 Å². The van der Waals surface area contributed by atoms with E-state index >= 15 is 0 Å². The van der Waals surface area contributed by atoms with Crippen molar-refractivity contribution in [2.45, 2.75) is 6.04 Å². The second-order valence-corrected chi connectivity index (χ2v) is 3.77. The van der Waals surface area contributed by atoms with Crippen LogP contribution in [0.5, 0.6) is 0 Å². The van der Waals surface area contributed by atoms with Crippen LogP contribution in [0, 0.1) is 0 Å². The number of hydrogen-bond donors (Lipinski definition) is 1. The van der Waals surface area contributed by atoms with Crippen molar-refractivity contribution in [2.24, 2.45) is 0 Å². The summed E-state index contributed by atoms with van der Waals surface area (Å²) in [4.78, 5) is 0. The van der Waals surface area contributed by atoms with Gasteiger partial charge in [0.25, 0.3) is 0 Å². The van der Waals surface area contributed by atoms with Crippen LogP contribution in [0.15, 0.2) is 53.0 Å². The maximum Gasteiger partial charge on any atom is 0.0635 e. The smallest absolute Gasteiger partial charge is 0.0635 e. The summed E-state index contributed by atoms with van der Waals surface area (Å²) >= 11 is 3.49. The van der Waals surface area contributed by atoms with Gasteiger partial charge in [-0.1, -0.05) is 36.4 Å². The highest BCUT2D eigenvalue weighted by atomic mass is 79.9. The first-order chi connectivity index (χ1) is 6.36. The van der Waals surface area contributed by atoms with Gasteiger partial charge < -0.3 is 5.32 Å². The first-order valence-electron chi connectivity index (χ1n) is 4.22. The molecule has 0 saturated carbocycles. The zero-order valence-corrected chi connectivity index (χ0v) is 8.66. The Morgan fingerprint density at radius 1 is 1.08 bits per heavy atom. The van der Waals surface area contributed by atoms with E-state index in [1.807, 2.05) is 18.2 Å². The number of halogens is 1. The number of benzene rings is 1. The normalized spacial score (nSPS) is 15.2. The highest BCUT2D eigenvalue weighted by Crippen LogP contribution is 2.22. The lowest BCUT2D eigenvalue weighted by Gasteiger charge is -2.11. The Hall–Kier alpha value is -1.02. The third-order valence-electron chi connectivity index (χ3n) is 1.94. The average molecular weight is 236 g/mol. The SMILES string of the molecule is Brc1ccccc1NC1C=CC=C1. The molecule has 1 N–H and O–H groups in total. The monoisotopic (exact) mass is 235 g/mol. The van der Waals surface area contributed by atoms with Gasteiger partial charge in [-0.2, -0.15) is 0 Å². The molecule has 1 nitrogen and oxygen atoms in total. The van der Waals surface area contributed by atoms with E-state index in [-0.39, 0.29) is 0 Å². The van der Waals surface area contributed by atoms with Crippen LogP contribution in [0.1, 0.15) is 0 Å². The predicted molar refractivity (Wildman–Crippen MR) is 59.8 cm³/mol. The van der Waals surface area contributed by atoms with Gasteiger partial charge in [-0.25, -0.2) is 0 Å². The van der Waals surface area contributed by atoms with Gasteiger partial charge in [0.15, 0.2) is 0 Å². The first-order valence-corrected chi connectivity index (χ1v) is 5.01. The molecule has 13 heavy (non-hydrogen) atoms. The van der Waals surface area contributed by atoms with Gasteiger partial charge in [-0.15, -0.1) is 0 Å². The van der Waals surface area contributed by atoms with Gasteiger partial charge >= 0.3 is 0 Å². The summed E-state index contributed by atoms with van der Waals surface area (Å²) in [6.07, 6.45) is 8.35. The van der Waals surface area contributed by atoms with Crippen LogP contribution < -0.4 is 5.32 Å². The lowest BCUT2D eigenvalue weighted by Crippen LogP contribution is -2.11. The summed E-state index contributed by atoms with van der Waals surface area (Å²) in [6, 6.07) is 8.46. The number of hydrogen-bond acceptors (Lipinski definition) is 1. The van der Waals surface area contributed by atoms with Crippen molar-refractivity contribution >= 4 is 21.6 Å². The summed E-state index contributed by atoms with van der Waals surface area (Å²) in [5, 5.41) is 3.39. The quantitative estimate of drug-likeness (QED) is 0.830. The van der Waals surface area contributed by atoms with Crippen molar-refractivity contribution in [2.75, 3.05) is 5.32 Å². The molecule has 0 amide bonds. The van der Waals surface area contributed by atoms with Crippen molar-refractivity contribution in [1.82, 2.24) is 0 Å². The van der Waals surface area contributed by atoms with E-state index in [0.717, 1.165) is 10.2 Å². The second-order valence-electron chi connectivity index (χ2n) is 2.92. The number of para-hydroxylation sites is 1. The van der Waals surface area contributed by atoms with E-state index in [9.17, 15) is 0 Å². The van der Waals surface area contributed by atoms with Gasteiger partial charge in [0.05, 0.1) is 6.04 Å².